The van der Waals surface area contributed by atoms with Crippen molar-refractivity contribution in [3.8, 4) is 0 Å². The van der Waals surface area contributed by atoms with E-state index in [9.17, 15) is 4.79 Å². The molecule has 0 amide bonds. The molecule has 0 spiro atoms. The van der Waals surface area contributed by atoms with Crippen LogP contribution >= 0.6 is 0 Å². The third-order valence-electron chi connectivity index (χ3n) is 3.17. The quantitative estimate of drug-likeness (QED) is 0.816. The second-order valence-corrected chi connectivity index (χ2v) is 5.80. The molecule has 1 atom stereocenters. The van der Waals surface area contributed by atoms with Gasteiger partial charge in [0, 0.05) is 0 Å². The molecule has 0 saturated carbocycles. The predicted molar refractivity (Wildman–Crippen MR) is 71.2 cm³/mol. The van der Waals surface area contributed by atoms with Crippen molar-refractivity contribution in [3.63, 3.8) is 0 Å². The van der Waals surface area contributed by atoms with Gasteiger partial charge >= 0.3 is 5.97 Å². The number of benzene rings is 1. The average molecular weight is 247 g/mol. The van der Waals surface area contributed by atoms with Crippen LogP contribution in [0.15, 0.2) is 30.3 Å². The third-order valence-corrected chi connectivity index (χ3v) is 3.17. The molecule has 0 bridgehead atoms. The Morgan fingerprint density at radius 3 is 2.44 bits per heavy atom. The first kappa shape index (κ1) is 13.1. The first-order chi connectivity index (χ1) is 8.44. The van der Waals surface area contributed by atoms with Crippen molar-refractivity contribution < 1.29 is 9.53 Å². The molecule has 98 valence electrons. The Kier molecular flexibility index (Phi) is 3.44. The van der Waals surface area contributed by atoms with Crippen molar-refractivity contribution in [1.29, 1.82) is 0 Å². The van der Waals surface area contributed by atoms with Crippen LogP contribution in [0.4, 0.5) is 0 Å². The van der Waals surface area contributed by atoms with Gasteiger partial charge in [0.25, 0.3) is 0 Å². The van der Waals surface area contributed by atoms with Gasteiger partial charge in [-0.2, -0.15) is 0 Å². The molecule has 1 fully saturated rings. The highest BCUT2D eigenvalue weighted by Gasteiger charge is 2.45. The Labute approximate surface area is 109 Å². The van der Waals surface area contributed by atoms with Crippen molar-refractivity contribution in [3.05, 3.63) is 35.9 Å². The van der Waals surface area contributed by atoms with E-state index in [1.165, 1.54) is 0 Å². The van der Waals surface area contributed by atoms with E-state index in [-0.39, 0.29) is 5.97 Å². The van der Waals surface area contributed by atoms with E-state index in [1.54, 1.807) is 0 Å². The lowest BCUT2D eigenvalue weighted by Gasteiger charge is -2.31. The molecular formula is C15H21NO2. The largest absolute Gasteiger partial charge is 0.458 e. The zero-order chi connectivity index (χ0) is 13.2. The molecule has 0 radical (unpaired) electrons. The highest BCUT2D eigenvalue weighted by atomic mass is 16.6. The fraction of sp³-hybridized carbons (Fsp3) is 0.533. The minimum absolute atomic E-state index is 0.168. The van der Waals surface area contributed by atoms with Crippen molar-refractivity contribution >= 4 is 5.97 Å². The molecule has 18 heavy (non-hydrogen) atoms. The molecular weight excluding hydrogens is 226 g/mol. The molecule has 1 N–H and O–H groups in total. The summed E-state index contributed by atoms with van der Waals surface area (Å²) < 4.78 is 5.58. The van der Waals surface area contributed by atoms with E-state index in [4.69, 9.17) is 4.74 Å². The van der Waals surface area contributed by atoms with Gasteiger partial charge < -0.3 is 4.74 Å². The van der Waals surface area contributed by atoms with Gasteiger partial charge in [0.15, 0.2) is 0 Å². The van der Waals surface area contributed by atoms with Crippen LogP contribution in [0.5, 0.6) is 0 Å². The Balaban J connectivity index is 2.31. The number of carbonyl (C=O) groups is 1. The van der Waals surface area contributed by atoms with Crippen LogP contribution in [-0.2, 0) is 15.1 Å². The Morgan fingerprint density at radius 1 is 1.28 bits per heavy atom. The van der Waals surface area contributed by atoms with Gasteiger partial charge in [0.2, 0.25) is 0 Å². The van der Waals surface area contributed by atoms with Gasteiger partial charge in [-0.3, -0.25) is 5.32 Å². The normalized spacial score (nSPS) is 23.9. The zero-order valence-electron chi connectivity index (χ0n) is 11.3. The lowest BCUT2D eigenvalue weighted by molar-refractivity contribution is -0.163. The standard InChI is InChI=1S/C15H21NO2/c1-14(2,3)18-13(17)15(10-7-11-16-15)12-8-5-4-6-9-12/h4-6,8-9,16H,7,10-11H2,1-3H3. The van der Waals surface area contributed by atoms with E-state index < -0.39 is 11.1 Å². The topological polar surface area (TPSA) is 38.3 Å². The molecule has 3 nitrogen and oxygen atoms in total. The number of esters is 1. The number of hydrogen-bond acceptors (Lipinski definition) is 3. The summed E-state index contributed by atoms with van der Waals surface area (Å²) in [7, 11) is 0. The highest BCUT2D eigenvalue weighted by molar-refractivity contribution is 5.83. The summed E-state index contributed by atoms with van der Waals surface area (Å²) in [5.74, 6) is -0.168. The Bertz CT molecular complexity index is 414. The number of nitrogens with one attached hydrogen (secondary N) is 1. The Morgan fingerprint density at radius 2 is 1.94 bits per heavy atom. The summed E-state index contributed by atoms with van der Waals surface area (Å²) in [6.45, 7) is 6.56. The molecule has 1 aliphatic heterocycles. The maximum absolute atomic E-state index is 12.5. The van der Waals surface area contributed by atoms with E-state index in [0.29, 0.717) is 0 Å². The maximum Gasteiger partial charge on any atom is 0.331 e. The molecule has 0 aliphatic carbocycles. The molecule has 1 heterocycles. The zero-order valence-corrected chi connectivity index (χ0v) is 11.3. The summed E-state index contributed by atoms with van der Waals surface area (Å²) in [4.78, 5) is 12.5. The average Bonchev–Trinajstić information content (AvgIpc) is 2.78. The number of hydrogen-bond donors (Lipinski definition) is 1. The fourth-order valence-electron chi connectivity index (χ4n) is 2.37. The van der Waals surface area contributed by atoms with Crippen LogP contribution in [0.3, 0.4) is 0 Å². The number of carbonyl (C=O) groups excluding carboxylic acids is 1. The SMILES string of the molecule is CC(C)(C)OC(=O)C1(c2ccccc2)CCCN1. The van der Waals surface area contributed by atoms with Crippen molar-refractivity contribution in [2.75, 3.05) is 6.54 Å². The lowest BCUT2D eigenvalue weighted by Crippen LogP contribution is -2.48. The van der Waals surface area contributed by atoms with Gasteiger partial charge in [0.05, 0.1) is 0 Å². The van der Waals surface area contributed by atoms with Crippen LogP contribution in [0, 0.1) is 0 Å². The van der Waals surface area contributed by atoms with Crippen molar-refractivity contribution in [2.24, 2.45) is 0 Å². The molecule has 1 aliphatic rings. The molecule has 1 aromatic carbocycles. The van der Waals surface area contributed by atoms with E-state index in [1.807, 2.05) is 51.1 Å². The smallest absolute Gasteiger partial charge is 0.331 e. The molecule has 3 heteroatoms. The minimum Gasteiger partial charge on any atom is -0.458 e. The summed E-state index contributed by atoms with van der Waals surface area (Å²) in [6, 6.07) is 9.86. The van der Waals surface area contributed by atoms with Crippen LogP contribution in [-0.4, -0.2) is 18.1 Å². The molecule has 2 rings (SSSR count). The predicted octanol–water partition coefficient (Wildman–Crippen LogP) is 2.61. The minimum atomic E-state index is -0.658. The maximum atomic E-state index is 12.5. The van der Waals surface area contributed by atoms with E-state index in [0.717, 1.165) is 24.9 Å². The van der Waals surface area contributed by atoms with Crippen LogP contribution < -0.4 is 5.32 Å². The molecule has 1 aromatic rings. The van der Waals surface area contributed by atoms with E-state index in [2.05, 4.69) is 5.32 Å². The summed E-state index contributed by atoms with van der Waals surface area (Å²) in [5.41, 5.74) is -0.116. The van der Waals surface area contributed by atoms with Crippen molar-refractivity contribution in [2.45, 2.75) is 44.8 Å². The second kappa shape index (κ2) is 4.73. The monoisotopic (exact) mass is 247 g/mol. The van der Waals surface area contributed by atoms with Gasteiger partial charge in [0.1, 0.15) is 11.1 Å². The van der Waals surface area contributed by atoms with Gasteiger partial charge in [-0.05, 0) is 45.7 Å². The van der Waals surface area contributed by atoms with E-state index >= 15 is 0 Å². The summed E-state index contributed by atoms with van der Waals surface area (Å²) in [6.07, 6.45) is 1.79. The highest BCUT2D eigenvalue weighted by Crippen LogP contribution is 2.33. The van der Waals surface area contributed by atoms with Crippen LogP contribution in [0.1, 0.15) is 39.2 Å². The first-order valence-corrected chi connectivity index (χ1v) is 6.48. The molecule has 1 unspecified atom stereocenters. The molecule has 1 saturated heterocycles. The summed E-state index contributed by atoms with van der Waals surface area (Å²) >= 11 is 0. The van der Waals surface area contributed by atoms with Crippen LogP contribution in [0.25, 0.3) is 0 Å². The fourth-order valence-corrected chi connectivity index (χ4v) is 2.37. The molecule has 0 aromatic heterocycles. The van der Waals surface area contributed by atoms with Crippen molar-refractivity contribution in [1.82, 2.24) is 5.32 Å². The van der Waals surface area contributed by atoms with Gasteiger partial charge in [-0.1, -0.05) is 30.3 Å². The first-order valence-electron chi connectivity index (χ1n) is 6.48. The Hall–Kier alpha value is -1.35. The lowest BCUT2D eigenvalue weighted by atomic mass is 9.88. The second-order valence-electron chi connectivity index (χ2n) is 5.80. The third kappa shape index (κ3) is 2.56. The summed E-state index contributed by atoms with van der Waals surface area (Å²) in [5, 5.41) is 3.33. The van der Waals surface area contributed by atoms with Gasteiger partial charge in [-0.15, -0.1) is 0 Å². The van der Waals surface area contributed by atoms with Gasteiger partial charge in [-0.25, -0.2) is 4.79 Å². The van der Waals surface area contributed by atoms with Crippen LogP contribution in [0.2, 0.25) is 0 Å². The number of ether oxygens (including phenoxy) is 1. The number of rotatable bonds is 2.